The maximum Gasteiger partial charge on any atom is 0.0575 e. The fourth-order valence-electron chi connectivity index (χ4n) is 3.30. The Bertz CT molecular complexity index is 396. The Balaban J connectivity index is 1.80. The molecule has 0 spiro atoms. The Morgan fingerprint density at radius 1 is 0.920 bits per heavy atom. The molecule has 1 aromatic rings. The predicted molar refractivity (Wildman–Crippen MR) is 108 cm³/mol. The van der Waals surface area contributed by atoms with Crippen LogP contribution in [0.1, 0.15) is 95.5 Å². The third-order valence-electron chi connectivity index (χ3n) is 5.18. The molecule has 25 heavy (non-hydrogen) atoms. The maximum atomic E-state index is 5.12. The Labute approximate surface area is 156 Å². The van der Waals surface area contributed by atoms with E-state index in [1.54, 1.807) is 7.11 Å². The molecule has 1 aromatic heterocycles. The summed E-state index contributed by atoms with van der Waals surface area (Å²) in [5.41, 5.74) is 1.39. The van der Waals surface area contributed by atoms with E-state index in [2.05, 4.69) is 18.0 Å². The second-order valence-corrected chi connectivity index (χ2v) is 7.40. The van der Waals surface area contributed by atoms with Gasteiger partial charge in [0, 0.05) is 26.0 Å². The van der Waals surface area contributed by atoms with Crippen molar-refractivity contribution in [2.75, 3.05) is 20.7 Å². The van der Waals surface area contributed by atoms with Crippen LogP contribution in [0.4, 0.5) is 0 Å². The van der Waals surface area contributed by atoms with Crippen molar-refractivity contribution in [2.24, 2.45) is 0 Å². The molecule has 0 N–H and O–H groups in total. The number of nitrogens with zero attached hydrogens (tertiary/aromatic N) is 2. The number of hydrogen-bond acceptors (Lipinski definition) is 3. The van der Waals surface area contributed by atoms with Crippen LogP contribution in [0.5, 0.6) is 0 Å². The van der Waals surface area contributed by atoms with Gasteiger partial charge >= 0.3 is 0 Å². The summed E-state index contributed by atoms with van der Waals surface area (Å²) < 4.78 is 0. The van der Waals surface area contributed by atoms with E-state index in [1.165, 1.54) is 82.6 Å². The quantitative estimate of drug-likeness (QED) is 0.257. The van der Waals surface area contributed by atoms with Gasteiger partial charge in [-0.25, -0.2) is 0 Å². The Morgan fingerprint density at radius 2 is 1.48 bits per heavy atom. The minimum atomic E-state index is 0.650. The molecule has 0 radical (unpaired) electrons. The van der Waals surface area contributed by atoms with Crippen molar-refractivity contribution < 1.29 is 4.84 Å². The summed E-state index contributed by atoms with van der Waals surface area (Å²) in [5, 5.41) is 1.91. The molecule has 1 rings (SSSR count). The van der Waals surface area contributed by atoms with Crippen molar-refractivity contribution in [1.29, 1.82) is 0 Å². The summed E-state index contributed by atoms with van der Waals surface area (Å²) in [6, 6.07) is 4.25. The highest BCUT2D eigenvalue weighted by Gasteiger charge is 2.04. The second-order valence-electron chi connectivity index (χ2n) is 7.40. The monoisotopic (exact) mass is 348 g/mol. The molecular formula is C22H40N2O. The Hall–Kier alpha value is -0.930. The van der Waals surface area contributed by atoms with Crippen LogP contribution in [0.15, 0.2) is 24.5 Å². The van der Waals surface area contributed by atoms with E-state index in [0.29, 0.717) is 5.92 Å². The van der Waals surface area contributed by atoms with Gasteiger partial charge in [0.25, 0.3) is 0 Å². The lowest BCUT2D eigenvalue weighted by molar-refractivity contribution is -0.109. The molecule has 0 fully saturated rings. The average Bonchev–Trinajstić information content (AvgIpc) is 2.65. The van der Waals surface area contributed by atoms with Crippen molar-refractivity contribution in [3.63, 3.8) is 0 Å². The molecule has 0 aliphatic rings. The van der Waals surface area contributed by atoms with Crippen molar-refractivity contribution in [2.45, 2.75) is 89.9 Å². The van der Waals surface area contributed by atoms with Crippen LogP contribution in [0.3, 0.4) is 0 Å². The van der Waals surface area contributed by atoms with Crippen LogP contribution in [0.2, 0.25) is 0 Å². The van der Waals surface area contributed by atoms with Crippen LogP contribution >= 0.6 is 0 Å². The summed E-state index contributed by atoms with van der Waals surface area (Å²) in [6.07, 6.45) is 20.4. The normalized spacial score (nSPS) is 12.6. The highest BCUT2D eigenvalue weighted by atomic mass is 16.7. The minimum Gasteiger partial charge on any atom is -0.303 e. The predicted octanol–water partition coefficient (Wildman–Crippen LogP) is 6.36. The fourth-order valence-corrected chi connectivity index (χ4v) is 3.30. The van der Waals surface area contributed by atoms with Crippen molar-refractivity contribution in [1.82, 2.24) is 10.0 Å². The van der Waals surface area contributed by atoms with Gasteiger partial charge in [0.2, 0.25) is 0 Å². The molecular weight excluding hydrogens is 308 g/mol. The van der Waals surface area contributed by atoms with E-state index in [9.17, 15) is 0 Å². The minimum absolute atomic E-state index is 0.650. The summed E-state index contributed by atoms with van der Waals surface area (Å²) in [6.45, 7) is 3.38. The van der Waals surface area contributed by atoms with E-state index in [1.807, 2.05) is 30.6 Å². The average molecular weight is 349 g/mol. The van der Waals surface area contributed by atoms with Gasteiger partial charge in [0.05, 0.1) is 7.11 Å². The lowest BCUT2D eigenvalue weighted by Crippen LogP contribution is -2.17. The van der Waals surface area contributed by atoms with Crippen LogP contribution < -0.4 is 0 Å². The van der Waals surface area contributed by atoms with E-state index >= 15 is 0 Å². The summed E-state index contributed by atoms with van der Waals surface area (Å²) in [5.74, 6) is 0.650. The molecule has 0 aliphatic heterocycles. The molecule has 0 aliphatic carbocycles. The van der Waals surface area contributed by atoms with E-state index in [4.69, 9.17) is 4.84 Å². The molecule has 0 bridgehead atoms. The highest BCUT2D eigenvalue weighted by Crippen LogP contribution is 2.21. The first-order valence-electron chi connectivity index (χ1n) is 10.4. The SMILES string of the molecule is CON(C)CCCCCCCCCCCCC[C@H](C)c1cccnc1. The molecule has 0 aromatic carbocycles. The smallest absolute Gasteiger partial charge is 0.0575 e. The van der Waals surface area contributed by atoms with Gasteiger partial charge in [0.1, 0.15) is 0 Å². The Kier molecular flexibility index (Phi) is 13.6. The zero-order valence-corrected chi connectivity index (χ0v) is 16.9. The van der Waals surface area contributed by atoms with Gasteiger partial charge in [-0.1, -0.05) is 77.2 Å². The van der Waals surface area contributed by atoms with Crippen molar-refractivity contribution in [3.8, 4) is 0 Å². The molecule has 0 amide bonds. The maximum absolute atomic E-state index is 5.12. The first-order chi connectivity index (χ1) is 12.2. The number of hydroxylamine groups is 2. The second kappa shape index (κ2) is 15.3. The van der Waals surface area contributed by atoms with Gasteiger partial charge in [-0.05, 0) is 30.4 Å². The molecule has 0 saturated heterocycles. The van der Waals surface area contributed by atoms with Crippen molar-refractivity contribution >= 4 is 0 Å². The number of rotatable bonds is 16. The summed E-state index contributed by atoms with van der Waals surface area (Å²) >= 11 is 0. The third-order valence-corrected chi connectivity index (χ3v) is 5.18. The third kappa shape index (κ3) is 12.1. The zero-order chi connectivity index (χ0) is 18.2. The van der Waals surface area contributed by atoms with E-state index in [0.717, 1.165) is 6.54 Å². The van der Waals surface area contributed by atoms with Crippen LogP contribution in [-0.4, -0.2) is 30.7 Å². The summed E-state index contributed by atoms with van der Waals surface area (Å²) in [4.78, 5) is 9.34. The van der Waals surface area contributed by atoms with Crippen LogP contribution in [-0.2, 0) is 4.84 Å². The van der Waals surface area contributed by atoms with Crippen molar-refractivity contribution in [3.05, 3.63) is 30.1 Å². The van der Waals surface area contributed by atoms with E-state index in [-0.39, 0.29) is 0 Å². The Morgan fingerprint density at radius 3 is 2.00 bits per heavy atom. The fraction of sp³-hybridized carbons (Fsp3) is 0.773. The van der Waals surface area contributed by atoms with Gasteiger partial charge in [0.15, 0.2) is 0 Å². The van der Waals surface area contributed by atoms with Gasteiger partial charge in [-0.2, -0.15) is 5.06 Å². The lowest BCUT2D eigenvalue weighted by atomic mass is 9.96. The summed E-state index contributed by atoms with van der Waals surface area (Å²) in [7, 11) is 3.74. The van der Waals surface area contributed by atoms with Crippen LogP contribution in [0.25, 0.3) is 0 Å². The number of pyridine rings is 1. The standard InChI is InChI=1S/C22H40N2O/c1-21(22-17-15-18-23-20-22)16-13-11-9-7-5-4-6-8-10-12-14-19-24(2)25-3/h15,17-18,20-21H,4-14,16,19H2,1-3H3/t21-/m0/s1. The highest BCUT2D eigenvalue weighted by molar-refractivity contribution is 5.13. The topological polar surface area (TPSA) is 25.4 Å². The van der Waals surface area contributed by atoms with Gasteiger partial charge < -0.3 is 4.84 Å². The first-order valence-corrected chi connectivity index (χ1v) is 10.4. The molecule has 0 unspecified atom stereocenters. The lowest BCUT2D eigenvalue weighted by Gasteiger charge is -2.12. The molecule has 144 valence electrons. The number of hydrogen-bond donors (Lipinski definition) is 0. The molecule has 3 nitrogen and oxygen atoms in total. The molecule has 0 saturated carbocycles. The number of aromatic nitrogens is 1. The van der Waals surface area contributed by atoms with E-state index < -0.39 is 0 Å². The molecule has 1 heterocycles. The molecule has 3 heteroatoms. The van der Waals surface area contributed by atoms with Gasteiger partial charge in [-0.3, -0.25) is 4.98 Å². The van der Waals surface area contributed by atoms with Crippen LogP contribution in [0, 0.1) is 0 Å². The zero-order valence-electron chi connectivity index (χ0n) is 16.9. The largest absolute Gasteiger partial charge is 0.303 e. The molecule has 1 atom stereocenters. The first kappa shape index (κ1) is 22.1. The number of unbranched alkanes of at least 4 members (excludes halogenated alkanes) is 10. The van der Waals surface area contributed by atoms with Gasteiger partial charge in [-0.15, -0.1) is 0 Å².